The topological polar surface area (TPSA) is 29.5 Å². The molecule has 23 heavy (non-hydrogen) atoms. The van der Waals surface area contributed by atoms with Crippen molar-refractivity contribution in [2.45, 2.75) is 39.8 Å². The van der Waals surface area contributed by atoms with E-state index in [1.807, 2.05) is 24.3 Å². The molecule has 1 N–H and O–H groups in total. The molecule has 0 saturated carbocycles. The van der Waals surface area contributed by atoms with Gasteiger partial charge < -0.3 is 9.84 Å². The van der Waals surface area contributed by atoms with Gasteiger partial charge >= 0.3 is 0 Å². The van der Waals surface area contributed by atoms with E-state index in [0.717, 1.165) is 11.3 Å². The Balaban J connectivity index is 2.23. The Bertz CT molecular complexity index is 579. The lowest BCUT2D eigenvalue weighted by molar-refractivity contribution is 0.0741. The van der Waals surface area contributed by atoms with Crippen LogP contribution in [0.5, 0.6) is 0 Å². The van der Waals surface area contributed by atoms with Crippen LogP contribution in [0.3, 0.4) is 0 Å². The summed E-state index contributed by atoms with van der Waals surface area (Å²) in [6.45, 7) is 7.64. The first-order valence-electron chi connectivity index (χ1n) is 8.16. The molecule has 1 aliphatic carbocycles. The minimum Gasteiger partial charge on any atom is -0.497 e. The van der Waals surface area contributed by atoms with Crippen LogP contribution in [-0.4, -0.2) is 24.0 Å². The molecular formula is C20H27FO2. The van der Waals surface area contributed by atoms with Crippen molar-refractivity contribution >= 4 is 5.57 Å². The molecule has 1 aromatic carbocycles. The van der Waals surface area contributed by atoms with E-state index in [4.69, 9.17) is 4.74 Å². The third-order valence-electron chi connectivity index (χ3n) is 4.56. The molecule has 0 heterocycles. The first-order valence-corrected chi connectivity index (χ1v) is 8.16. The van der Waals surface area contributed by atoms with Crippen molar-refractivity contribution < 1.29 is 14.2 Å². The predicted octanol–water partition coefficient (Wildman–Crippen LogP) is 4.76. The fraction of sp³-hybridized carbons (Fsp3) is 0.500. The van der Waals surface area contributed by atoms with Gasteiger partial charge in [-0.25, -0.2) is 4.39 Å². The number of hydrogen-bond donors (Lipinski definition) is 1. The van der Waals surface area contributed by atoms with Crippen LogP contribution >= 0.6 is 0 Å². The van der Waals surface area contributed by atoms with Gasteiger partial charge in [-0.3, -0.25) is 0 Å². The number of rotatable bonds is 6. The van der Waals surface area contributed by atoms with Gasteiger partial charge in [0.1, 0.15) is 11.4 Å². The number of benzene rings is 1. The van der Waals surface area contributed by atoms with E-state index < -0.39 is 5.67 Å². The molecule has 0 fully saturated rings. The van der Waals surface area contributed by atoms with E-state index in [9.17, 15) is 9.50 Å². The monoisotopic (exact) mass is 318 g/mol. The Hall–Kier alpha value is -1.61. The molecule has 2 rings (SSSR count). The lowest BCUT2D eigenvalue weighted by Gasteiger charge is -2.39. The summed E-state index contributed by atoms with van der Waals surface area (Å²) in [6.07, 6.45) is 4.30. The average molecular weight is 318 g/mol. The summed E-state index contributed by atoms with van der Waals surface area (Å²) in [5.41, 5.74) is 0.821. The van der Waals surface area contributed by atoms with E-state index in [-0.39, 0.29) is 17.9 Å². The van der Waals surface area contributed by atoms with E-state index in [2.05, 4.69) is 32.1 Å². The molecule has 1 unspecified atom stereocenters. The van der Waals surface area contributed by atoms with Gasteiger partial charge in [-0.05, 0) is 31.1 Å². The minimum absolute atomic E-state index is 0.00201. The highest BCUT2D eigenvalue weighted by molar-refractivity contribution is 5.73. The van der Waals surface area contributed by atoms with Crippen LogP contribution in [0.25, 0.3) is 5.57 Å². The second-order valence-electron chi connectivity index (χ2n) is 7.29. The number of allylic oxidation sites excluding steroid dienone is 3. The molecule has 0 spiro atoms. The molecule has 1 aromatic rings. The molecular weight excluding hydrogens is 291 g/mol. The van der Waals surface area contributed by atoms with Crippen LogP contribution in [0, 0.1) is 11.3 Å². The number of alkyl halides is 1. The van der Waals surface area contributed by atoms with Crippen LogP contribution in [0.2, 0.25) is 0 Å². The maximum absolute atomic E-state index is 13.6. The summed E-state index contributed by atoms with van der Waals surface area (Å²) in [7, 11) is 0. The molecule has 1 aliphatic rings. The van der Waals surface area contributed by atoms with Gasteiger partial charge in [-0.15, -0.1) is 0 Å². The van der Waals surface area contributed by atoms with Gasteiger partial charge in [0, 0.05) is 17.8 Å². The van der Waals surface area contributed by atoms with Crippen LogP contribution < -0.4 is 0 Å². The zero-order valence-electron chi connectivity index (χ0n) is 14.5. The zero-order valence-corrected chi connectivity index (χ0v) is 14.5. The molecule has 3 heteroatoms. The highest BCUT2D eigenvalue weighted by atomic mass is 19.1. The van der Waals surface area contributed by atoms with Crippen molar-refractivity contribution in [1.82, 2.24) is 0 Å². The summed E-state index contributed by atoms with van der Waals surface area (Å²) in [4.78, 5) is 0. The maximum atomic E-state index is 13.6. The lowest BCUT2D eigenvalue weighted by Crippen LogP contribution is -2.33. The average Bonchev–Trinajstić information content (AvgIpc) is 2.46. The van der Waals surface area contributed by atoms with Crippen molar-refractivity contribution in [1.29, 1.82) is 0 Å². The van der Waals surface area contributed by atoms with Gasteiger partial charge in [0.2, 0.25) is 0 Å². The smallest absolute Gasteiger partial charge is 0.108 e. The summed E-state index contributed by atoms with van der Waals surface area (Å²) < 4.78 is 19.4. The predicted molar refractivity (Wildman–Crippen MR) is 92.6 cm³/mol. The molecule has 2 nitrogen and oxygen atoms in total. The summed E-state index contributed by atoms with van der Waals surface area (Å²) in [5.74, 6) is 0.604. The van der Waals surface area contributed by atoms with Gasteiger partial charge in [0.15, 0.2) is 0 Å². The Morgan fingerprint density at radius 2 is 1.83 bits per heavy atom. The second-order valence-corrected chi connectivity index (χ2v) is 7.29. The van der Waals surface area contributed by atoms with Gasteiger partial charge in [0.25, 0.3) is 0 Å². The Kier molecular flexibility index (Phi) is 5.30. The third kappa shape index (κ3) is 4.23. The Labute approximate surface area is 138 Å². The molecule has 0 saturated heterocycles. The van der Waals surface area contributed by atoms with Gasteiger partial charge in [-0.1, -0.05) is 50.3 Å². The molecule has 1 atom stereocenters. The minimum atomic E-state index is -1.25. The number of aliphatic hydroxyl groups excluding tert-OH is 1. The zero-order chi connectivity index (χ0) is 17.1. The lowest BCUT2D eigenvalue weighted by atomic mass is 9.67. The van der Waals surface area contributed by atoms with Crippen molar-refractivity contribution in [3.05, 3.63) is 53.8 Å². The molecule has 0 amide bonds. The van der Waals surface area contributed by atoms with Crippen molar-refractivity contribution in [3.8, 4) is 0 Å². The van der Waals surface area contributed by atoms with Crippen molar-refractivity contribution in [2.75, 3.05) is 13.2 Å². The van der Waals surface area contributed by atoms with Crippen LogP contribution in [0.1, 0.15) is 39.7 Å². The highest BCUT2D eigenvalue weighted by Crippen LogP contribution is 2.47. The van der Waals surface area contributed by atoms with E-state index in [1.165, 1.54) is 5.57 Å². The fourth-order valence-electron chi connectivity index (χ4n) is 3.00. The van der Waals surface area contributed by atoms with E-state index in [0.29, 0.717) is 13.0 Å². The Morgan fingerprint density at radius 3 is 2.39 bits per heavy atom. The normalized spacial score (nSPS) is 20.7. The highest BCUT2D eigenvalue weighted by Gasteiger charge is 2.39. The molecule has 0 radical (unpaired) electrons. The number of hydrogen-bond acceptors (Lipinski definition) is 2. The molecule has 0 aromatic heterocycles. The first-order chi connectivity index (χ1) is 10.8. The van der Waals surface area contributed by atoms with Crippen molar-refractivity contribution in [2.24, 2.45) is 11.3 Å². The molecule has 0 bridgehead atoms. The Morgan fingerprint density at radius 1 is 1.17 bits per heavy atom. The standard InChI is InChI=1S/C20H27FO2/c1-19(2,21)12-13-23-18-11-10-16(15-8-6-5-7-9-15)20(3,4)17(18)14-22/h5-11,17,22H,12-14H2,1-4H3. The van der Waals surface area contributed by atoms with E-state index >= 15 is 0 Å². The van der Waals surface area contributed by atoms with Crippen LogP contribution in [-0.2, 0) is 4.74 Å². The van der Waals surface area contributed by atoms with Crippen molar-refractivity contribution in [3.63, 3.8) is 0 Å². The van der Waals surface area contributed by atoms with Crippen LogP contribution in [0.15, 0.2) is 48.2 Å². The number of halogens is 1. The van der Waals surface area contributed by atoms with E-state index in [1.54, 1.807) is 13.8 Å². The van der Waals surface area contributed by atoms with Gasteiger partial charge in [0.05, 0.1) is 13.2 Å². The number of ether oxygens (including phenoxy) is 1. The molecule has 126 valence electrons. The first kappa shape index (κ1) is 17.7. The van der Waals surface area contributed by atoms with Crippen LogP contribution in [0.4, 0.5) is 4.39 Å². The third-order valence-corrected chi connectivity index (χ3v) is 4.56. The summed E-state index contributed by atoms with van der Waals surface area (Å²) >= 11 is 0. The maximum Gasteiger partial charge on any atom is 0.108 e. The summed E-state index contributed by atoms with van der Waals surface area (Å²) in [5, 5.41) is 9.90. The largest absolute Gasteiger partial charge is 0.497 e. The second kappa shape index (κ2) is 6.88. The SMILES string of the molecule is CC(C)(F)CCOC1=CC=C(c2ccccc2)C(C)(C)C1CO. The number of aliphatic hydroxyl groups is 1. The molecule has 0 aliphatic heterocycles. The fourth-order valence-corrected chi connectivity index (χ4v) is 3.00. The van der Waals surface area contributed by atoms with Gasteiger partial charge in [-0.2, -0.15) is 0 Å². The quantitative estimate of drug-likeness (QED) is 0.819. The summed E-state index contributed by atoms with van der Waals surface area (Å²) in [6, 6.07) is 10.2.